The van der Waals surface area contributed by atoms with Gasteiger partial charge in [-0.3, -0.25) is 14.5 Å². The predicted octanol–water partition coefficient (Wildman–Crippen LogP) is 1.70. The number of carbonyl (C=O) groups is 1. The molecule has 0 bridgehead atoms. The lowest BCUT2D eigenvalue weighted by atomic mass is 10.1. The summed E-state index contributed by atoms with van der Waals surface area (Å²) in [6, 6.07) is 3.24. The van der Waals surface area contributed by atoms with Gasteiger partial charge in [0.25, 0.3) is 0 Å². The fraction of sp³-hybridized carbons (Fsp3) is 0.100. The van der Waals surface area contributed by atoms with E-state index < -0.39 is 0 Å². The van der Waals surface area contributed by atoms with Gasteiger partial charge in [0.2, 0.25) is 5.78 Å². The second-order valence-corrected chi connectivity index (χ2v) is 3.50. The zero-order chi connectivity index (χ0) is 10.8. The molecule has 2 aromatic rings. The van der Waals surface area contributed by atoms with Crippen molar-refractivity contribution in [2.45, 2.75) is 0 Å². The van der Waals surface area contributed by atoms with Gasteiger partial charge in [0.05, 0.1) is 5.02 Å². The van der Waals surface area contributed by atoms with Crippen molar-refractivity contribution in [1.29, 1.82) is 0 Å². The molecule has 0 N–H and O–H groups in total. The number of rotatable bonds is 2. The summed E-state index contributed by atoms with van der Waals surface area (Å²) in [5, 5.41) is 4.38. The number of nitrogens with zero attached hydrogens (tertiary/aromatic N) is 3. The molecule has 4 nitrogen and oxygen atoms in total. The van der Waals surface area contributed by atoms with Gasteiger partial charge < -0.3 is 0 Å². The molecule has 0 spiro atoms. The standard InChI is InChI=1S/C10H8ClN3O/c1-14-9(2-3-13-14)10(15)7-4-8(11)6-12-5-7/h2-6H,1H3. The summed E-state index contributed by atoms with van der Waals surface area (Å²) >= 11 is 5.75. The van der Waals surface area contributed by atoms with Crippen LogP contribution in [-0.2, 0) is 7.05 Å². The van der Waals surface area contributed by atoms with E-state index >= 15 is 0 Å². The van der Waals surface area contributed by atoms with E-state index in [9.17, 15) is 4.79 Å². The van der Waals surface area contributed by atoms with Crippen LogP contribution >= 0.6 is 11.6 Å². The monoisotopic (exact) mass is 221 g/mol. The molecule has 15 heavy (non-hydrogen) atoms. The van der Waals surface area contributed by atoms with Crippen LogP contribution < -0.4 is 0 Å². The van der Waals surface area contributed by atoms with Crippen LogP contribution in [0.4, 0.5) is 0 Å². The molecule has 0 atom stereocenters. The molecule has 0 saturated carbocycles. The lowest BCUT2D eigenvalue weighted by Gasteiger charge is -2.00. The van der Waals surface area contributed by atoms with Crippen molar-refractivity contribution < 1.29 is 4.79 Å². The predicted molar refractivity (Wildman–Crippen MR) is 55.9 cm³/mol. The maximum absolute atomic E-state index is 11.9. The molecule has 0 radical (unpaired) electrons. The Morgan fingerprint density at radius 1 is 1.47 bits per heavy atom. The minimum atomic E-state index is -0.134. The molecule has 0 unspecified atom stereocenters. The first-order valence-electron chi connectivity index (χ1n) is 4.32. The molecule has 76 valence electrons. The number of ketones is 1. The van der Waals surface area contributed by atoms with Gasteiger partial charge in [0.1, 0.15) is 5.69 Å². The van der Waals surface area contributed by atoms with Gasteiger partial charge >= 0.3 is 0 Å². The highest BCUT2D eigenvalue weighted by Crippen LogP contribution is 2.12. The van der Waals surface area contributed by atoms with E-state index in [1.165, 1.54) is 17.1 Å². The molecule has 0 fully saturated rings. The first kappa shape index (κ1) is 9.86. The van der Waals surface area contributed by atoms with Gasteiger partial charge in [-0.2, -0.15) is 5.10 Å². The first-order valence-corrected chi connectivity index (χ1v) is 4.69. The van der Waals surface area contributed by atoms with E-state index in [0.29, 0.717) is 16.3 Å². The summed E-state index contributed by atoms with van der Waals surface area (Å²) in [6.45, 7) is 0. The summed E-state index contributed by atoms with van der Waals surface area (Å²) in [7, 11) is 1.71. The number of aromatic nitrogens is 3. The number of carbonyl (C=O) groups excluding carboxylic acids is 1. The second kappa shape index (κ2) is 3.82. The molecular weight excluding hydrogens is 214 g/mol. The lowest BCUT2D eigenvalue weighted by Crippen LogP contribution is -2.08. The van der Waals surface area contributed by atoms with E-state index in [4.69, 9.17) is 11.6 Å². The van der Waals surface area contributed by atoms with E-state index in [0.717, 1.165) is 0 Å². The molecule has 5 heteroatoms. The fourth-order valence-corrected chi connectivity index (χ4v) is 1.45. The summed E-state index contributed by atoms with van der Waals surface area (Å²) in [6.07, 6.45) is 4.55. The highest BCUT2D eigenvalue weighted by Gasteiger charge is 2.12. The quantitative estimate of drug-likeness (QED) is 0.726. The van der Waals surface area contributed by atoms with E-state index in [-0.39, 0.29) is 5.78 Å². The normalized spacial score (nSPS) is 10.3. The molecule has 2 aromatic heterocycles. The van der Waals surface area contributed by atoms with Crippen LogP contribution in [0.5, 0.6) is 0 Å². The Balaban J connectivity index is 2.41. The van der Waals surface area contributed by atoms with Gasteiger partial charge in [-0.05, 0) is 12.1 Å². The van der Waals surface area contributed by atoms with Gasteiger partial charge in [-0.25, -0.2) is 0 Å². The van der Waals surface area contributed by atoms with Crippen LogP contribution in [0.1, 0.15) is 16.1 Å². The molecule has 0 aliphatic rings. The lowest BCUT2D eigenvalue weighted by molar-refractivity contribution is 0.103. The van der Waals surface area contributed by atoms with Crippen LogP contribution in [0.25, 0.3) is 0 Å². The van der Waals surface area contributed by atoms with Crippen LogP contribution in [0, 0.1) is 0 Å². The van der Waals surface area contributed by atoms with Crippen LogP contribution in [0.2, 0.25) is 5.02 Å². The SMILES string of the molecule is Cn1nccc1C(=O)c1cncc(Cl)c1. The third-order valence-electron chi connectivity index (χ3n) is 2.02. The van der Waals surface area contributed by atoms with Crippen LogP contribution in [0.15, 0.2) is 30.7 Å². The average Bonchev–Trinajstić information content (AvgIpc) is 2.63. The highest BCUT2D eigenvalue weighted by molar-refractivity contribution is 6.31. The summed E-state index contributed by atoms with van der Waals surface area (Å²) in [5.41, 5.74) is 0.977. The van der Waals surface area contributed by atoms with Crippen molar-refractivity contribution in [3.05, 3.63) is 47.0 Å². The summed E-state index contributed by atoms with van der Waals surface area (Å²) in [5.74, 6) is -0.134. The van der Waals surface area contributed by atoms with Gasteiger partial charge in [-0.1, -0.05) is 11.6 Å². The number of hydrogen-bond acceptors (Lipinski definition) is 3. The Morgan fingerprint density at radius 3 is 2.87 bits per heavy atom. The molecule has 0 amide bonds. The Labute approximate surface area is 91.5 Å². The molecule has 0 saturated heterocycles. The third-order valence-corrected chi connectivity index (χ3v) is 2.23. The molecule has 2 rings (SSSR count). The summed E-state index contributed by atoms with van der Waals surface area (Å²) in [4.78, 5) is 15.8. The number of pyridine rings is 1. The van der Waals surface area contributed by atoms with Crippen LogP contribution in [-0.4, -0.2) is 20.5 Å². The smallest absolute Gasteiger partial charge is 0.212 e. The zero-order valence-corrected chi connectivity index (χ0v) is 8.77. The Bertz CT molecular complexity index is 507. The second-order valence-electron chi connectivity index (χ2n) is 3.06. The van der Waals surface area contributed by atoms with Crippen molar-refractivity contribution in [3.8, 4) is 0 Å². The van der Waals surface area contributed by atoms with Crippen molar-refractivity contribution in [2.75, 3.05) is 0 Å². The fourth-order valence-electron chi connectivity index (χ4n) is 1.28. The zero-order valence-electron chi connectivity index (χ0n) is 8.01. The minimum absolute atomic E-state index is 0.134. The van der Waals surface area contributed by atoms with Gasteiger partial charge in [-0.15, -0.1) is 0 Å². The van der Waals surface area contributed by atoms with Gasteiger partial charge in [0, 0.05) is 31.2 Å². The Hall–Kier alpha value is -1.68. The van der Waals surface area contributed by atoms with E-state index in [1.54, 1.807) is 25.4 Å². The third kappa shape index (κ3) is 1.89. The Morgan fingerprint density at radius 2 is 2.27 bits per heavy atom. The first-order chi connectivity index (χ1) is 7.18. The van der Waals surface area contributed by atoms with Crippen molar-refractivity contribution >= 4 is 17.4 Å². The van der Waals surface area contributed by atoms with Crippen molar-refractivity contribution in [2.24, 2.45) is 7.05 Å². The Kier molecular flexibility index (Phi) is 2.51. The molecule has 2 heterocycles. The molecular formula is C10H8ClN3O. The van der Waals surface area contributed by atoms with Gasteiger partial charge in [0.15, 0.2) is 0 Å². The molecule has 0 aromatic carbocycles. The topological polar surface area (TPSA) is 47.8 Å². The average molecular weight is 222 g/mol. The maximum Gasteiger partial charge on any atom is 0.212 e. The number of hydrogen-bond donors (Lipinski definition) is 0. The largest absolute Gasteiger partial charge is 0.287 e. The van der Waals surface area contributed by atoms with E-state index in [1.807, 2.05) is 0 Å². The molecule has 0 aliphatic carbocycles. The number of halogens is 1. The van der Waals surface area contributed by atoms with Crippen molar-refractivity contribution in [1.82, 2.24) is 14.8 Å². The highest BCUT2D eigenvalue weighted by atomic mass is 35.5. The molecule has 0 aliphatic heterocycles. The maximum atomic E-state index is 11.9. The number of aryl methyl sites for hydroxylation is 1. The minimum Gasteiger partial charge on any atom is -0.287 e. The van der Waals surface area contributed by atoms with Crippen LogP contribution in [0.3, 0.4) is 0 Å². The summed E-state index contributed by atoms with van der Waals surface area (Å²) < 4.78 is 1.52. The van der Waals surface area contributed by atoms with Crippen molar-refractivity contribution in [3.63, 3.8) is 0 Å². The van der Waals surface area contributed by atoms with E-state index in [2.05, 4.69) is 10.1 Å².